The number of nitrogens with zero attached hydrogens (tertiary/aromatic N) is 7. The molecule has 0 amide bonds. The van der Waals surface area contributed by atoms with Crippen molar-refractivity contribution in [1.82, 2.24) is 34.5 Å². The number of imidazole rings is 1. The zero-order chi connectivity index (χ0) is 36.7. The molecule has 0 fully saturated rings. The first kappa shape index (κ1) is 33.6. The van der Waals surface area contributed by atoms with E-state index in [1.54, 1.807) is 0 Å². The standard InChI is InChI=1S/C44H45N7O/c1-24(2)26-15-13-16-27(25(3)4)35(26)51-34-20-12-11-19-33(34)47-40(51)30-18-14-17-28-29-21-22-32-31(37(29)52-36(28)30)23-45-38(46-32)39-48-41(43(5,6)7)50-42(49-39)44(8,9)10/h11-25H,1-10H3. The molecule has 0 radical (unpaired) electrons. The highest BCUT2D eigenvalue weighted by atomic mass is 16.3. The van der Waals surface area contributed by atoms with Crippen molar-refractivity contribution >= 4 is 43.9 Å². The topological polar surface area (TPSA) is 95.4 Å². The second-order valence-electron chi connectivity index (χ2n) is 16.5. The van der Waals surface area contributed by atoms with Gasteiger partial charge in [-0.1, -0.05) is 112 Å². The van der Waals surface area contributed by atoms with Gasteiger partial charge in [-0.25, -0.2) is 29.9 Å². The molecular weight excluding hydrogens is 643 g/mol. The first-order valence-electron chi connectivity index (χ1n) is 18.2. The van der Waals surface area contributed by atoms with Gasteiger partial charge in [-0.2, -0.15) is 0 Å². The van der Waals surface area contributed by atoms with Crippen LogP contribution in [0.2, 0.25) is 0 Å². The Morgan fingerprint density at radius 3 is 1.85 bits per heavy atom. The van der Waals surface area contributed by atoms with E-state index in [2.05, 4.69) is 134 Å². The monoisotopic (exact) mass is 687 g/mol. The van der Waals surface area contributed by atoms with Crippen LogP contribution in [0.3, 0.4) is 0 Å². The summed E-state index contributed by atoms with van der Waals surface area (Å²) in [5, 5.41) is 2.84. The average Bonchev–Trinajstić information content (AvgIpc) is 3.69. The number of hydrogen-bond acceptors (Lipinski definition) is 7. The molecule has 0 saturated heterocycles. The highest BCUT2D eigenvalue weighted by Crippen LogP contribution is 2.42. The fraction of sp³-hybridized carbons (Fsp3) is 0.318. The van der Waals surface area contributed by atoms with Gasteiger partial charge in [-0.3, -0.25) is 4.57 Å². The van der Waals surface area contributed by atoms with Crippen LogP contribution in [0.15, 0.2) is 83.4 Å². The van der Waals surface area contributed by atoms with Gasteiger partial charge in [-0.15, -0.1) is 0 Å². The lowest BCUT2D eigenvalue weighted by molar-refractivity contribution is 0.497. The van der Waals surface area contributed by atoms with E-state index < -0.39 is 0 Å². The van der Waals surface area contributed by atoms with Crippen LogP contribution in [0.1, 0.15) is 104 Å². The van der Waals surface area contributed by atoms with Crippen LogP contribution in [0.25, 0.3) is 72.6 Å². The highest BCUT2D eigenvalue weighted by Gasteiger charge is 2.27. The summed E-state index contributed by atoms with van der Waals surface area (Å²) in [5.41, 5.74) is 8.44. The Bertz CT molecular complexity index is 2610. The van der Waals surface area contributed by atoms with Crippen LogP contribution < -0.4 is 0 Å². The maximum absolute atomic E-state index is 6.89. The Labute approximate surface area is 304 Å². The van der Waals surface area contributed by atoms with E-state index in [1.807, 2.05) is 18.3 Å². The minimum atomic E-state index is -0.263. The van der Waals surface area contributed by atoms with Crippen LogP contribution in [-0.2, 0) is 10.8 Å². The quantitative estimate of drug-likeness (QED) is 0.178. The lowest BCUT2D eigenvalue weighted by Crippen LogP contribution is -2.24. The van der Waals surface area contributed by atoms with Crippen LogP contribution in [-0.4, -0.2) is 34.5 Å². The molecular formula is C44H45N7O. The minimum absolute atomic E-state index is 0.263. The van der Waals surface area contributed by atoms with Gasteiger partial charge in [0.15, 0.2) is 5.82 Å². The molecule has 0 bridgehead atoms. The van der Waals surface area contributed by atoms with E-state index >= 15 is 0 Å². The number of rotatable bonds is 5. The van der Waals surface area contributed by atoms with Crippen molar-refractivity contribution in [2.24, 2.45) is 0 Å². The fourth-order valence-electron chi connectivity index (χ4n) is 7.00. The van der Waals surface area contributed by atoms with Gasteiger partial charge in [0.05, 0.1) is 33.2 Å². The first-order valence-corrected chi connectivity index (χ1v) is 18.2. The lowest BCUT2D eigenvalue weighted by Gasteiger charge is -2.22. The summed E-state index contributed by atoms with van der Waals surface area (Å²) >= 11 is 0. The third kappa shape index (κ3) is 5.52. The van der Waals surface area contributed by atoms with Crippen molar-refractivity contribution in [3.8, 4) is 28.7 Å². The zero-order valence-electron chi connectivity index (χ0n) is 31.7. The largest absolute Gasteiger partial charge is 0.455 e. The fourth-order valence-corrected chi connectivity index (χ4v) is 7.00. The summed E-state index contributed by atoms with van der Waals surface area (Å²) in [6.07, 6.45) is 1.84. The van der Waals surface area contributed by atoms with Crippen LogP contribution in [0, 0.1) is 0 Å². The molecule has 4 aromatic carbocycles. The van der Waals surface area contributed by atoms with Crippen LogP contribution in [0.5, 0.6) is 0 Å². The van der Waals surface area contributed by atoms with Crippen LogP contribution >= 0.6 is 0 Å². The normalized spacial score (nSPS) is 12.8. The lowest BCUT2D eigenvalue weighted by atomic mass is 9.92. The van der Waals surface area contributed by atoms with E-state index in [0.29, 0.717) is 35.1 Å². The van der Waals surface area contributed by atoms with E-state index in [0.717, 1.165) is 55.3 Å². The molecule has 8 nitrogen and oxygen atoms in total. The number of para-hydroxylation sites is 4. The van der Waals surface area contributed by atoms with Crippen LogP contribution in [0.4, 0.5) is 0 Å². The number of fused-ring (bicyclic) bond motifs is 6. The van der Waals surface area contributed by atoms with Gasteiger partial charge >= 0.3 is 0 Å². The van der Waals surface area contributed by atoms with E-state index in [1.165, 1.54) is 16.8 Å². The molecule has 0 unspecified atom stereocenters. The Morgan fingerprint density at radius 2 is 1.19 bits per heavy atom. The molecule has 0 atom stereocenters. The molecule has 4 heterocycles. The van der Waals surface area contributed by atoms with E-state index in [-0.39, 0.29) is 10.8 Å². The molecule has 0 aliphatic heterocycles. The summed E-state index contributed by atoms with van der Waals surface area (Å²) in [7, 11) is 0. The molecule has 0 aliphatic carbocycles. The Kier molecular flexibility index (Phi) is 7.79. The third-order valence-corrected chi connectivity index (χ3v) is 9.77. The van der Waals surface area contributed by atoms with Gasteiger partial charge < -0.3 is 4.42 Å². The Balaban J connectivity index is 1.35. The molecule has 8 rings (SSSR count). The van der Waals surface area contributed by atoms with Gasteiger partial charge in [0.25, 0.3) is 0 Å². The summed E-state index contributed by atoms with van der Waals surface area (Å²) in [6, 6.07) is 25.5. The maximum Gasteiger partial charge on any atom is 0.201 e. The molecule has 262 valence electrons. The van der Waals surface area contributed by atoms with E-state index in [4.69, 9.17) is 34.3 Å². The number of hydrogen-bond donors (Lipinski definition) is 0. The summed E-state index contributed by atoms with van der Waals surface area (Å²) in [5.74, 6) is 3.85. The maximum atomic E-state index is 6.89. The molecule has 0 N–H and O–H groups in total. The highest BCUT2D eigenvalue weighted by molar-refractivity contribution is 6.16. The predicted molar refractivity (Wildman–Crippen MR) is 211 cm³/mol. The molecule has 52 heavy (non-hydrogen) atoms. The number of aromatic nitrogens is 7. The third-order valence-electron chi connectivity index (χ3n) is 9.77. The van der Waals surface area contributed by atoms with Crippen molar-refractivity contribution in [1.29, 1.82) is 0 Å². The Hall–Kier alpha value is -5.50. The minimum Gasteiger partial charge on any atom is -0.455 e. The average molecular weight is 688 g/mol. The van der Waals surface area contributed by atoms with Crippen molar-refractivity contribution < 1.29 is 4.42 Å². The molecule has 0 aliphatic rings. The smallest absolute Gasteiger partial charge is 0.201 e. The van der Waals surface area contributed by atoms with Crippen molar-refractivity contribution in [2.45, 2.75) is 91.9 Å². The van der Waals surface area contributed by atoms with Gasteiger partial charge in [0, 0.05) is 27.8 Å². The molecule has 0 saturated carbocycles. The van der Waals surface area contributed by atoms with Crippen molar-refractivity contribution in [3.63, 3.8) is 0 Å². The van der Waals surface area contributed by atoms with E-state index in [9.17, 15) is 0 Å². The number of benzene rings is 4. The Morgan fingerprint density at radius 1 is 0.558 bits per heavy atom. The molecule has 8 aromatic rings. The second-order valence-corrected chi connectivity index (χ2v) is 16.5. The molecule has 0 spiro atoms. The summed E-state index contributed by atoms with van der Waals surface area (Å²) < 4.78 is 9.24. The SMILES string of the molecule is CC(C)c1cccc(C(C)C)c1-n1c(-c2cccc3c2oc2c4cnc(-c5nc(C(C)(C)C)nc(C(C)(C)C)n5)nc4ccc32)nc2ccccc21. The van der Waals surface area contributed by atoms with Gasteiger partial charge in [0.1, 0.15) is 28.6 Å². The van der Waals surface area contributed by atoms with Gasteiger partial charge in [-0.05, 0) is 53.3 Å². The summed E-state index contributed by atoms with van der Waals surface area (Å²) in [6.45, 7) is 21.7. The molecule has 8 heteroatoms. The first-order chi connectivity index (χ1) is 24.7. The molecule has 4 aromatic heterocycles. The zero-order valence-corrected chi connectivity index (χ0v) is 31.7. The second kappa shape index (κ2) is 12.0. The van der Waals surface area contributed by atoms with Crippen molar-refractivity contribution in [3.05, 3.63) is 102 Å². The number of furan rings is 1. The summed E-state index contributed by atoms with van der Waals surface area (Å²) in [4.78, 5) is 29.6. The van der Waals surface area contributed by atoms with Gasteiger partial charge in [0.2, 0.25) is 5.82 Å². The van der Waals surface area contributed by atoms with Crippen molar-refractivity contribution in [2.75, 3.05) is 0 Å². The predicted octanol–water partition coefficient (Wildman–Crippen LogP) is 11.2.